The summed E-state index contributed by atoms with van der Waals surface area (Å²) < 4.78 is 5.81. The van der Waals surface area contributed by atoms with Crippen molar-refractivity contribution < 1.29 is 19.4 Å². The third-order valence-corrected chi connectivity index (χ3v) is 4.23. The molecular formula is C15H25NO4. The third-order valence-electron chi connectivity index (χ3n) is 4.23. The average Bonchev–Trinajstić information content (AvgIpc) is 3.22. The number of ether oxygens (including phenoxy) is 1. The number of amides is 1. The van der Waals surface area contributed by atoms with Crippen LogP contribution in [0.2, 0.25) is 0 Å². The van der Waals surface area contributed by atoms with Crippen molar-refractivity contribution in [2.24, 2.45) is 5.92 Å². The normalized spacial score (nSPS) is 23.6. The molecule has 0 saturated heterocycles. The number of carbonyl (C=O) groups excluding carboxylic acids is 1. The summed E-state index contributed by atoms with van der Waals surface area (Å²) in [6.45, 7) is 1.71. The predicted octanol–water partition coefficient (Wildman–Crippen LogP) is 2.09. The monoisotopic (exact) mass is 283 g/mol. The summed E-state index contributed by atoms with van der Waals surface area (Å²) >= 11 is 0. The Morgan fingerprint density at radius 2 is 1.70 bits per heavy atom. The van der Waals surface area contributed by atoms with Crippen LogP contribution in [0.15, 0.2) is 0 Å². The second-order valence-electron chi connectivity index (χ2n) is 6.05. The SMILES string of the molecule is CC(OC1CCCCCC1)C(=O)NC(C(=O)O)C1CC1. The third kappa shape index (κ3) is 4.47. The average molecular weight is 283 g/mol. The molecular weight excluding hydrogens is 258 g/mol. The van der Waals surface area contributed by atoms with Gasteiger partial charge >= 0.3 is 5.97 Å². The van der Waals surface area contributed by atoms with Crippen LogP contribution in [0.25, 0.3) is 0 Å². The number of carbonyl (C=O) groups is 2. The zero-order valence-corrected chi connectivity index (χ0v) is 12.1. The number of rotatable bonds is 6. The van der Waals surface area contributed by atoms with Crippen molar-refractivity contribution in [3.05, 3.63) is 0 Å². The highest BCUT2D eigenvalue weighted by molar-refractivity contribution is 5.86. The van der Waals surface area contributed by atoms with Crippen LogP contribution in [0.3, 0.4) is 0 Å². The molecule has 5 nitrogen and oxygen atoms in total. The molecule has 2 aliphatic rings. The lowest BCUT2D eigenvalue weighted by molar-refractivity contribution is -0.146. The summed E-state index contributed by atoms with van der Waals surface area (Å²) in [4.78, 5) is 23.2. The number of hydrogen-bond acceptors (Lipinski definition) is 3. The van der Waals surface area contributed by atoms with Gasteiger partial charge in [-0.1, -0.05) is 25.7 Å². The lowest BCUT2D eigenvalue weighted by Crippen LogP contribution is -2.47. The highest BCUT2D eigenvalue weighted by atomic mass is 16.5. The fourth-order valence-corrected chi connectivity index (χ4v) is 2.81. The molecule has 2 N–H and O–H groups in total. The molecule has 2 fully saturated rings. The first-order valence-corrected chi connectivity index (χ1v) is 7.76. The number of carboxylic acid groups (broad SMARTS) is 1. The van der Waals surface area contributed by atoms with Crippen LogP contribution in [-0.2, 0) is 14.3 Å². The molecule has 0 aromatic rings. The van der Waals surface area contributed by atoms with Crippen LogP contribution in [0.1, 0.15) is 58.3 Å². The van der Waals surface area contributed by atoms with Gasteiger partial charge in [0.05, 0.1) is 6.10 Å². The van der Waals surface area contributed by atoms with E-state index < -0.39 is 18.1 Å². The van der Waals surface area contributed by atoms with Crippen molar-refractivity contribution in [3.63, 3.8) is 0 Å². The zero-order valence-electron chi connectivity index (χ0n) is 12.1. The maximum Gasteiger partial charge on any atom is 0.326 e. The van der Waals surface area contributed by atoms with E-state index in [0.29, 0.717) is 0 Å². The first-order chi connectivity index (χ1) is 9.58. The number of hydrogen-bond donors (Lipinski definition) is 2. The van der Waals surface area contributed by atoms with Crippen LogP contribution in [0.5, 0.6) is 0 Å². The molecule has 2 saturated carbocycles. The molecule has 20 heavy (non-hydrogen) atoms. The van der Waals surface area contributed by atoms with E-state index >= 15 is 0 Å². The quantitative estimate of drug-likeness (QED) is 0.732. The second-order valence-corrected chi connectivity index (χ2v) is 6.05. The Labute approximate surface area is 120 Å². The Morgan fingerprint density at radius 1 is 1.10 bits per heavy atom. The van der Waals surface area contributed by atoms with E-state index in [1.807, 2.05) is 0 Å². The maximum absolute atomic E-state index is 12.1. The van der Waals surface area contributed by atoms with Crippen LogP contribution >= 0.6 is 0 Å². The lowest BCUT2D eigenvalue weighted by atomic mass is 10.1. The van der Waals surface area contributed by atoms with Crippen LogP contribution < -0.4 is 5.32 Å². The van der Waals surface area contributed by atoms with Crippen LogP contribution in [0, 0.1) is 5.92 Å². The maximum atomic E-state index is 12.1. The Morgan fingerprint density at radius 3 is 2.20 bits per heavy atom. The van der Waals surface area contributed by atoms with E-state index in [9.17, 15) is 9.59 Å². The standard InChI is InChI=1S/C15H25NO4/c1-10(20-12-6-4-2-3-5-7-12)14(17)16-13(15(18)19)11-8-9-11/h10-13H,2-9H2,1H3,(H,16,17)(H,18,19). The Balaban J connectivity index is 1.79. The fraction of sp³-hybridized carbons (Fsp3) is 0.867. The number of nitrogens with one attached hydrogen (secondary N) is 1. The number of aliphatic carboxylic acids is 1. The van der Waals surface area contributed by atoms with E-state index in [1.54, 1.807) is 6.92 Å². The van der Waals surface area contributed by atoms with Gasteiger partial charge in [-0.15, -0.1) is 0 Å². The molecule has 0 aromatic carbocycles. The van der Waals surface area contributed by atoms with Crippen molar-refractivity contribution in [1.29, 1.82) is 0 Å². The molecule has 0 radical (unpaired) electrons. The van der Waals surface area contributed by atoms with Crippen molar-refractivity contribution in [3.8, 4) is 0 Å². The largest absolute Gasteiger partial charge is 0.480 e. The van der Waals surface area contributed by atoms with Gasteiger partial charge in [0.15, 0.2) is 0 Å². The molecule has 2 atom stereocenters. The van der Waals surface area contributed by atoms with Gasteiger partial charge in [-0.25, -0.2) is 4.79 Å². The highest BCUT2D eigenvalue weighted by Crippen LogP contribution is 2.32. The van der Waals surface area contributed by atoms with Gasteiger partial charge in [0.25, 0.3) is 0 Å². The smallest absolute Gasteiger partial charge is 0.326 e. The summed E-state index contributed by atoms with van der Waals surface area (Å²) in [7, 11) is 0. The molecule has 0 bridgehead atoms. The predicted molar refractivity (Wildman–Crippen MR) is 74.3 cm³/mol. The van der Waals surface area contributed by atoms with Gasteiger partial charge in [0, 0.05) is 0 Å². The molecule has 0 aromatic heterocycles. The molecule has 2 unspecified atom stereocenters. The summed E-state index contributed by atoms with van der Waals surface area (Å²) in [6, 6.07) is -0.748. The van der Waals surface area contributed by atoms with Gasteiger partial charge < -0.3 is 15.2 Å². The van der Waals surface area contributed by atoms with Crippen LogP contribution in [-0.4, -0.2) is 35.2 Å². The van der Waals surface area contributed by atoms with Gasteiger partial charge in [-0.05, 0) is 38.5 Å². The van der Waals surface area contributed by atoms with E-state index in [1.165, 1.54) is 12.8 Å². The Kier molecular flexibility index (Phi) is 5.40. The minimum atomic E-state index is -0.942. The summed E-state index contributed by atoms with van der Waals surface area (Å²) in [6.07, 6.45) is 8.13. The second kappa shape index (κ2) is 7.07. The summed E-state index contributed by atoms with van der Waals surface area (Å²) in [5, 5.41) is 11.7. The molecule has 2 rings (SSSR count). The zero-order chi connectivity index (χ0) is 14.5. The van der Waals surface area contributed by atoms with Crippen molar-refractivity contribution >= 4 is 11.9 Å². The van der Waals surface area contributed by atoms with E-state index in [0.717, 1.165) is 38.5 Å². The lowest BCUT2D eigenvalue weighted by Gasteiger charge is -2.22. The highest BCUT2D eigenvalue weighted by Gasteiger charge is 2.38. The van der Waals surface area contributed by atoms with Gasteiger partial charge in [-0.3, -0.25) is 4.79 Å². The minimum Gasteiger partial charge on any atom is -0.480 e. The molecule has 114 valence electrons. The van der Waals surface area contributed by atoms with Crippen molar-refractivity contribution in [2.75, 3.05) is 0 Å². The Bertz CT molecular complexity index is 346. The summed E-state index contributed by atoms with van der Waals surface area (Å²) in [5.74, 6) is -1.14. The van der Waals surface area contributed by atoms with Gasteiger partial charge in [0.1, 0.15) is 12.1 Å². The first-order valence-electron chi connectivity index (χ1n) is 7.76. The molecule has 0 spiro atoms. The van der Waals surface area contributed by atoms with Crippen LogP contribution in [0.4, 0.5) is 0 Å². The number of carboxylic acids is 1. The minimum absolute atomic E-state index is 0.0986. The summed E-state index contributed by atoms with van der Waals surface area (Å²) in [5.41, 5.74) is 0. The molecule has 0 heterocycles. The molecule has 5 heteroatoms. The molecule has 1 amide bonds. The first kappa shape index (κ1) is 15.3. The van der Waals surface area contributed by atoms with Crippen molar-refractivity contribution in [2.45, 2.75) is 76.5 Å². The molecule has 2 aliphatic carbocycles. The van der Waals surface area contributed by atoms with Crippen molar-refractivity contribution in [1.82, 2.24) is 5.32 Å². The van der Waals surface area contributed by atoms with E-state index in [2.05, 4.69) is 5.32 Å². The molecule has 0 aliphatic heterocycles. The van der Waals surface area contributed by atoms with E-state index in [-0.39, 0.29) is 17.9 Å². The Hall–Kier alpha value is -1.10. The van der Waals surface area contributed by atoms with Gasteiger partial charge in [-0.2, -0.15) is 0 Å². The fourth-order valence-electron chi connectivity index (χ4n) is 2.81. The van der Waals surface area contributed by atoms with E-state index in [4.69, 9.17) is 9.84 Å². The van der Waals surface area contributed by atoms with Gasteiger partial charge in [0.2, 0.25) is 5.91 Å². The topological polar surface area (TPSA) is 75.6 Å².